The summed E-state index contributed by atoms with van der Waals surface area (Å²) in [7, 11) is 0. The Hall–Kier alpha value is -1.65. The minimum Gasteiger partial charge on any atom is -0.352 e. The molecular formula is C14H18N2O3. The van der Waals surface area contributed by atoms with Gasteiger partial charge in [-0.25, -0.2) is 0 Å². The number of imide groups is 1. The third-order valence-electron chi connectivity index (χ3n) is 4.31. The Kier molecular flexibility index (Phi) is 2.73. The Morgan fingerprint density at radius 3 is 2.26 bits per heavy atom. The summed E-state index contributed by atoms with van der Waals surface area (Å²) >= 11 is 0. The van der Waals surface area contributed by atoms with Crippen molar-refractivity contribution in [3.8, 4) is 0 Å². The summed E-state index contributed by atoms with van der Waals surface area (Å²) in [5.74, 6) is -0.619. The molecule has 1 aliphatic heterocycles. The van der Waals surface area contributed by atoms with Gasteiger partial charge in [0.1, 0.15) is 6.54 Å². The van der Waals surface area contributed by atoms with E-state index in [1.165, 1.54) is 0 Å². The predicted molar refractivity (Wildman–Crippen MR) is 67.7 cm³/mol. The van der Waals surface area contributed by atoms with Gasteiger partial charge in [-0.3, -0.25) is 19.3 Å². The predicted octanol–water partition coefficient (Wildman–Crippen LogP) is 0.318. The average molecular weight is 262 g/mol. The molecule has 3 aliphatic rings. The molecule has 5 nitrogen and oxygen atoms in total. The first kappa shape index (κ1) is 12.4. The molecule has 2 fully saturated rings. The highest BCUT2D eigenvalue weighted by atomic mass is 16.2. The summed E-state index contributed by atoms with van der Waals surface area (Å²) in [6.07, 6.45) is 5.02. The Bertz CT molecular complexity index is 453. The van der Waals surface area contributed by atoms with Gasteiger partial charge in [-0.1, -0.05) is 12.2 Å². The van der Waals surface area contributed by atoms with Crippen LogP contribution in [0, 0.1) is 23.7 Å². The molecule has 0 aromatic heterocycles. The van der Waals surface area contributed by atoms with Gasteiger partial charge in [0.05, 0.1) is 11.8 Å². The fourth-order valence-electron chi connectivity index (χ4n) is 3.63. The monoisotopic (exact) mass is 262 g/mol. The van der Waals surface area contributed by atoms with Gasteiger partial charge >= 0.3 is 0 Å². The Morgan fingerprint density at radius 2 is 1.79 bits per heavy atom. The second kappa shape index (κ2) is 4.18. The smallest absolute Gasteiger partial charge is 0.240 e. The van der Waals surface area contributed by atoms with E-state index >= 15 is 0 Å². The third-order valence-corrected chi connectivity index (χ3v) is 4.31. The van der Waals surface area contributed by atoms with Crippen molar-refractivity contribution in [3.63, 3.8) is 0 Å². The van der Waals surface area contributed by atoms with E-state index in [2.05, 4.69) is 17.5 Å². The second-order valence-electron chi connectivity index (χ2n) is 5.98. The van der Waals surface area contributed by atoms with Crippen molar-refractivity contribution in [2.75, 3.05) is 6.54 Å². The number of allylic oxidation sites excluding steroid dienone is 2. The van der Waals surface area contributed by atoms with Crippen LogP contribution < -0.4 is 5.32 Å². The molecule has 3 amide bonds. The molecule has 1 saturated carbocycles. The van der Waals surface area contributed by atoms with Crippen molar-refractivity contribution in [1.29, 1.82) is 0 Å². The molecule has 19 heavy (non-hydrogen) atoms. The van der Waals surface area contributed by atoms with Crippen LogP contribution in [-0.4, -0.2) is 35.2 Å². The van der Waals surface area contributed by atoms with Crippen LogP contribution in [0.4, 0.5) is 0 Å². The lowest BCUT2D eigenvalue weighted by Gasteiger charge is -2.17. The van der Waals surface area contributed by atoms with E-state index in [4.69, 9.17) is 0 Å². The number of hydrogen-bond donors (Lipinski definition) is 1. The lowest BCUT2D eigenvalue weighted by molar-refractivity contribution is -0.144. The molecule has 0 spiro atoms. The van der Waals surface area contributed by atoms with Crippen molar-refractivity contribution < 1.29 is 14.4 Å². The van der Waals surface area contributed by atoms with E-state index in [0.717, 1.165) is 11.3 Å². The van der Waals surface area contributed by atoms with E-state index in [9.17, 15) is 14.4 Å². The first-order chi connectivity index (χ1) is 8.99. The lowest BCUT2D eigenvalue weighted by atomic mass is 9.85. The van der Waals surface area contributed by atoms with E-state index in [1.807, 2.05) is 13.8 Å². The Labute approximate surface area is 112 Å². The topological polar surface area (TPSA) is 66.5 Å². The molecular weight excluding hydrogens is 244 g/mol. The maximum atomic E-state index is 12.3. The van der Waals surface area contributed by atoms with Gasteiger partial charge in [-0.15, -0.1) is 0 Å². The average Bonchev–Trinajstić information content (AvgIpc) is 2.97. The van der Waals surface area contributed by atoms with Crippen molar-refractivity contribution in [2.45, 2.75) is 26.3 Å². The van der Waals surface area contributed by atoms with Gasteiger partial charge in [-0.2, -0.15) is 0 Å². The largest absolute Gasteiger partial charge is 0.352 e. The fourth-order valence-corrected chi connectivity index (χ4v) is 3.63. The number of carbonyl (C=O) groups excluding carboxylic acids is 3. The maximum Gasteiger partial charge on any atom is 0.240 e. The van der Waals surface area contributed by atoms with Crippen molar-refractivity contribution >= 4 is 17.7 Å². The molecule has 0 aromatic carbocycles. The van der Waals surface area contributed by atoms with E-state index in [-0.39, 0.29) is 54.0 Å². The first-order valence-electron chi connectivity index (χ1n) is 6.82. The van der Waals surface area contributed by atoms with Crippen LogP contribution in [-0.2, 0) is 14.4 Å². The zero-order valence-corrected chi connectivity index (χ0v) is 11.1. The Balaban J connectivity index is 1.74. The van der Waals surface area contributed by atoms with Crippen molar-refractivity contribution in [2.24, 2.45) is 23.7 Å². The van der Waals surface area contributed by atoms with Crippen LogP contribution in [0.5, 0.6) is 0 Å². The molecule has 1 heterocycles. The molecule has 102 valence electrons. The highest BCUT2D eigenvalue weighted by Gasteiger charge is 2.59. The van der Waals surface area contributed by atoms with Crippen LogP contribution in [0.15, 0.2) is 12.2 Å². The van der Waals surface area contributed by atoms with Gasteiger partial charge in [0.25, 0.3) is 0 Å². The number of nitrogens with zero attached hydrogens (tertiary/aromatic N) is 1. The minimum absolute atomic E-state index is 0.0117. The zero-order chi connectivity index (χ0) is 13.7. The van der Waals surface area contributed by atoms with Gasteiger partial charge in [0, 0.05) is 6.04 Å². The molecule has 0 unspecified atom stereocenters. The van der Waals surface area contributed by atoms with Crippen LogP contribution in [0.25, 0.3) is 0 Å². The van der Waals surface area contributed by atoms with Crippen molar-refractivity contribution in [1.82, 2.24) is 10.2 Å². The van der Waals surface area contributed by atoms with Crippen molar-refractivity contribution in [3.05, 3.63) is 12.2 Å². The molecule has 1 saturated heterocycles. The Morgan fingerprint density at radius 1 is 1.26 bits per heavy atom. The minimum atomic E-state index is -0.267. The molecule has 2 aliphatic carbocycles. The summed E-state index contributed by atoms with van der Waals surface area (Å²) in [4.78, 5) is 37.5. The van der Waals surface area contributed by atoms with Gasteiger partial charge in [-0.05, 0) is 32.1 Å². The molecule has 4 atom stereocenters. The van der Waals surface area contributed by atoms with Crippen LogP contribution in [0.3, 0.4) is 0 Å². The standard InChI is InChI=1S/C14H18N2O3/c1-7(2)15-10(17)6-16-13(18)11-8-3-4-9(5-8)12(11)14(16)19/h3-4,7-9,11-12H,5-6H2,1-2H3,(H,15,17)/t8-,9-,11-,12-/m0/s1. The molecule has 0 radical (unpaired) electrons. The highest BCUT2D eigenvalue weighted by molar-refractivity contribution is 6.08. The number of hydrogen-bond acceptors (Lipinski definition) is 3. The maximum absolute atomic E-state index is 12.3. The number of fused-ring (bicyclic) bond motifs is 5. The summed E-state index contributed by atoms with van der Waals surface area (Å²) in [6.45, 7) is 3.57. The number of amides is 3. The fraction of sp³-hybridized carbons (Fsp3) is 0.643. The summed E-state index contributed by atoms with van der Waals surface area (Å²) < 4.78 is 0. The van der Waals surface area contributed by atoms with Gasteiger partial charge in [0.2, 0.25) is 17.7 Å². The summed E-state index contributed by atoms with van der Waals surface area (Å²) in [5.41, 5.74) is 0. The molecule has 1 N–H and O–H groups in total. The SMILES string of the molecule is CC(C)NC(=O)CN1C(=O)[C@@H]2[C@@H](C1=O)[C@H]1C=C[C@H]2C1. The second-order valence-corrected chi connectivity index (χ2v) is 5.98. The van der Waals surface area contributed by atoms with E-state index < -0.39 is 0 Å². The summed E-state index contributed by atoms with van der Waals surface area (Å²) in [6, 6.07) is 0.0117. The third kappa shape index (κ3) is 1.79. The van der Waals surface area contributed by atoms with Crippen LogP contribution >= 0.6 is 0 Å². The quantitative estimate of drug-likeness (QED) is 0.588. The zero-order valence-electron chi connectivity index (χ0n) is 11.1. The lowest BCUT2D eigenvalue weighted by Crippen LogP contribution is -2.43. The number of rotatable bonds is 3. The van der Waals surface area contributed by atoms with Gasteiger partial charge < -0.3 is 5.32 Å². The van der Waals surface area contributed by atoms with E-state index in [1.54, 1.807) is 0 Å². The summed E-state index contributed by atoms with van der Waals surface area (Å²) in [5, 5.41) is 2.71. The number of carbonyl (C=O) groups is 3. The van der Waals surface area contributed by atoms with Gasteiger partial charge in [0.15, 0.2) is 0 Å². The normalized spacial score (nSPS) is 35.4. The highest BCUT2D eigenvalue weighted by Crippen LogP contribution is 2.52. The number of nitrogens with one attached hydrogen (secondary N) is 1. The molecule has 3 rings (SSSR count). The number of likely N-dealkylation sites (tertiary alicyclic amines) is 1. The van der Waals surface area contributed by atoms with Crippen LogP contribution in [0.1, 0.15) is 20.3 Å². The molecule has 5 heteroatoms. The molecule has 2 bridgehead atoms. The molecule has 0 aromatic rings. The van der Waals surface area contributed by atoms with Crippen LogP contribution in [0.2, 0.25) is 0 Å². The van der Waals surface area contributed by atoms with E-state index in [0.29, 0.717) is 0 Å². The first-order valence-corrected chi connectivity index (χ1v) is 6.82.